The molecule has 0 saturated carbocycles. The summed E-state index contributed by atoms with van der Waals surface area (Å²) in [6, 6.07) is 5.51. The molecule has 0 fully saturated rings. The van der Waals surface area contributed by atoms with Crippen molar-refractivity contribution in [2.75, 3.05) is 13.7 Å². The van der Waals surface area contributed by atoms with Crippen LogP contribution in [0.2, 0.25) is 0 Å². The van der Waals surface area contributed by atoms with Crippen LogP contribution in [0.4, 0.5) is 0 Å². The largest absolute Gasteiger partial charge is 0.493 e. The molecule has 2 rings (SSSR count). The summed E-state index contributed by atoms with van der Waals surface area (Å²) in [6.07, 6.45) is 5.00. The zero-order valence-electron chi connectivity index (χ0n) is 12.8. The second-order valence-corrected chi connectivity index (χ2v) is 5.30. The highest BCUT2D eigenvalue weighted by molar-refractivity contribution is 7.07. The Balaban J connectivity index is 2.16. The number of aromatic nitrogens is 1. The summed E-state index contributed by atoms with van der Waals surface area (Å²) in [5, 5.41) is 1.88. The molecule has 0 unspecified atom stereocenters. The summed E-state index contributed by atoms with van der Waals surface area (Å²) >= 11 is 1.42. The number of rotatable bonds is 5. The van der Waals surface area contributed by atoms with Gasteiger partial charge in [0, 0.05) is 24.7 Å². The summed E-state index contributed by atoms with van der Waals surface area (Å²) in [4.78, 5) is 16.5. The maximum Gasteiger partial charge on any atom is 0.272 e. The number of carbonyl (C=O) groups is 1. The highest BCUT2D eigenvalue weighted by Crippen LogP contribution is 2.28. The molecule has 6 heteroatoms. The standard InChI is InChI=1S/C16H18N2O3S/c1-4-21-13-7-5-12(11-14(13)20-3)6-8-15(19)17-16-18(2)9-10-22-16/h5-11H,4H2,1-3H3/b8-6+,17-16?. The summed E-state index contributed by atoms with van der Waals surface area (Å²) < 4.78 is 12.5. The van der Waals surface area contributed by atoms with E-state index in [1.54, 1.807) is 17.8 Å². The lowest BCUT2D eigenvalue weighted by Crippen LogP contribution is -2.11. The number of hydrogen-bond acceptors (Lipinski definition) is 4. The number of amides is 1. The maximum absolute atomic E-state index is 11.8. The van der Waals surface area contributed by atoms with Crippen LogP contribution < -0.4 is 14.3 Å². The first kappa shape index (κ1) is 16.0. The topological polar surface area (TPSA) is 52.8 Å². The average molecular weight is 318 g/mol. The first-order chi connectivity index (χ1) is 10.6. The second kappa shape index (κ2) is 7.61. The molecule has 22 heavy (non-hydrogen) atoms. The van der Waals surface area contributed by atoms with Gasteiger partial charge in [-0.25, -0.2) is 0 Å². The van der Waals surface area contributed by atoms with Crippen LogP contribution in [0.15, 0.2) is 40.8 Å². The van der Waals surface area contributed by atoms with E-state index in [2.05, 4.69) is 4.99 Å². The molecule has 0 N–H and O–H groups in total. The fraction of sp³-hybridized carbons (Fsp3) is 0.250. The number of hydrogen-bond donors (Lipinski definition) is 0. The molecule has 0 aliphatic heterocycles. The predicted octanol–water partition coefficient (Wildman–Crippen LogP) is 2.63. The van der Waals surface area contributed by atoms with E-state index >= 15 is 0 Å². The molecule has 0 saturated heterocycles. The van der Waals surface area contributed by atoms with Crippen molar-refractivity contribution in [3.8, 4) is 11.5 Å². The molecular weight excluding hydrogens is 300 g/mol. The van der Waals surface area contributed by atoms with Crippen molar-refractivity contribution in [3.63, 3.8) is 0 Å². The number of ether oxygens (including phenoxy) is 2. The minimum Gasteiger partial charge on any atom is -0.493 e. The summed E-state index contributed by atoms with van der Waals surface area (Å²) in [5.41, 5.74) is 0.847. The molecule has 0 aliphatic rings. The molecule has 1 heterocycles. The Hall–Kier alpha value is -2.34. The van der Waals surface area contributed by atoms with Gasteiger partial charge in [0.05, 0.1) is 13.7 Å². The van der Waals surface area contributed by atoms with Crippen LogP contribution in [0.1, 0.15) is 12.5 Å². The minimum absolute atomic E-state index is 0.300. The summed E-state index contributed by atoms with van der Waals surface area (Å²) in [6.45, 7) is 2.48. The number of aryl methyl sites for hydroxylation is 1. The monoisotopic (exact) mass is 318 g/mol. The van der Waals surface area contributed by atoms with Crippen molar-refractivity contribution in [2.45, 2.75) is 6.92 Å². The molecule has 2 aromatic rings. The number of nitrogens with zero attached hydrogens (tertiary/aromatic N) is 2. The Kier molecular flexibility index (Phi) is 5.55. The third-order valence-corrected chi connectivity index (χ3v) is 3.72. The van der Waals surface area contributed by atoms with Crippen molar-refractivity contribution in [2.24, 2.45) is 12.0 Å². The number of carbonyl (C=O) groups excluding carboxylic acids is 1. The number of thiazole rings is 1. The lowest BCUT2D eigenvalue weighted by atomic mass is 10.2. The van der Waals surface area contributed by atoms with Crippen molar-refractivity contribution in [3.05, 3.63) is 46.2 Å². The van der Waals surface area contributed by atoms with Gasteiger partial charge >= 0.3 is 0 Å². The smallest absolute Gasteiger partial charge is 0.272 e. The molecule has 5 nitrogen and oxygen atoms in total. The third kappa shape index (κ3) is 4.08. The summed E-state index contributed by atoms with van der Waals surface area (Å²) in [7, 11) is 3.44. The zero-order chi connectivity index (χ0) is 15.9. The molecular formula is C16H18N2O3S. The average Bonchev–Trinajstić information content (AvgIpc) is 2.91. The molecule has 1 aromatic heterocycles. The molecule has 116 valence electrons. The molecule has 0 atom stereocenters. The van der Waals surface area contributed by atoms with Gasteiger partial charge in [-0.05, 0) is 30.7 Å². The van der Waals surface area contributed by atoms with E-state index < -0.39 is 0 Å². The van der Waals surface area contributed by atoms with Crippen LogP contribution in [-0.4, -0.2) is 24.2 Å². The lowest BCUT2D eigenvalue weighted by molar-refractivity contribution is -0.113. The Morgan fingerprint density at radius 2 is 2.23 bits per heavy atom. The van der Waals surface area contributed by atoms with Gasteiger partial charge in [-0.1, -0.05) is 6.07 Å². The predicted molar refractivity (Wildman–Crippen MR) is 87.1 cm³/mol. The van der Waals surface area contributed by atoms with Crippen molar-refractivity contribution >= 4 is 23.3 Å². The Morgan fingerprint density at radius 3 is 2.86 bits per heavy atom. The van der Waals surface area contributed by atoms with Gasteiger partial charge in [0.1, 0.15) is 0 Å². The van der Waals surface area contributed by atoms with E-state index in [9.17, 15) is 4.79 Å². The Morgan fingerprint density at radius 1 is 1.41 bits per heavy atom. The molecule has 1 aromatic carbocycles. The third-order valence-electron chi connectivity index (χ3n) is 2.87. The maximum atomic E-state index is 11.8. The molecule has 0 radical (unpaired) electrons. The fourth-order valence-electron chi connectivity index (χ4n) is 1.80. The van der Waals surface area contributed by atoms with Crippen LogP contribution in [0.25, 0.3) is 6.08 Å². The second-order valence-electron chi connectivity index (χ2n) is 4.42. The normalized spacial score (nSPS) is 11.9. The van der Waals surface area contributed by atoms with Gasteiger partial charge in [-0.3, -0.25) is 4.79 Å². The quantitative estimate of drug-likeness (QED) is 0.796. The highest BCUT2D eigenvalue weighted by Gasteiger charge is 2.04. The van der Waals surface area contributed by atoms with E-state index in [4.69, 9.17) is 9.47 Å². The van der Waals surface area contributed by atoms with E-state index in [0.29, 0.717) is 22.9 Å². The van der Waals surface area contributed by atoms with Crippen molar-refractivity contribution in [1.82, 2.24) is 4.57 Å². The molecule has 0 spiro atoms. The zero-order valence-corrected chi connectivity index (χ0v) is 13.6. The fourth-order valence-corrected chi connectivity index (χ4v) is 2.53. The molecule has 0 bridgehead atoms. The van der Waals surface area contributed by atoms with Crippen LogP contribution >= 0.6 is 11.3 Å². The molecule has 0 aliphatic carbocycles. The van der Waals surface area contributed by atoms with E-state index in [-0.39, 0.29) is 5.91 Å². The Labute approximate surface area is 133 Å². The van der Waals surface area contributed by atoms with Gasteiger partial charge < -0.3 is 14.0 Å². The SMILES string of the molecule is CCOc1ccc(/C=C/C(=O)N=c2sccn2C)cc1OC. The van der Waals surface area contributed by atoms with Crippen LogP contribution in [0, 0.1) is 0 Å². The van der Waals surface area contributed by atoms with Crippen LogP contribution in [-0.2, 0) is 11.8 Å². The van der Waals surface area contributed by atoms with Gasteiger partial charge in [0.2, 0.25) is 0 Å². The first-order valence-electron chi connectivity index (χ1n) is 6.81. The number of benzene rings is 1. The number of methoxy groups -OCH3 is 1. The van der Waals surface area contributed by atoms with Crippen LogP contribution in [0.3, 0.4) is 0 Å². The summed E-state index contributed by atoms with van der Waals surface area (Å²) in [5.74, 6) is 1.02. The highest BCUT2D eigenvalue weighted by atomic mass is 32.1. The lowest BCUT2D eigenvalue weighted by Gasteiger charge is -2.09. The van der Waals surface area contributed by atoms with Gasteiger partial charge in [0.25, 0.3) is 5.91 Å². The minimum atomic E-state index is -0.300. The molecule has 1 amide bonds. The van der Waals surface area contributed by atoms with E-state index in [1.807, 2.05) is 43.7 Å². The first-order valence-corrected chi connectivity index (χ1v) is 7.69. The van der Waals surface area contributed by atoms with Crippen molar-refractivity contribution in [1.29, 1.82) is 0 Å². The van der Waals surface area contributed by atoms with E-state index in [1.165, 1.54) is 17.4 Å². The van der Waals surface area contributed by atoms with E-state index in [0.717, 1.165) is 5.56 Å². The van der Waals surface area contributed by atoms with Gasteiger partial charge in [0.15, 0.2) is 16.3 Å². The van der Waals surface area contributed by atoms with Crippen LogP contribution in [0.5, 0.6) is 11.5 Å². The van der Waals surface area contributed by atoms with Crippen molar-refractivity contribution < 1.29 is 14.3 Å². The van der Waals surface area contributed by atoms with Gasteiger partial charge in [-0.15, -0.1) is 11.3 Å². The van der Waals surface area contributed by atoms with Gasteiger partial charge in [-0.2, -0.15) is 4.99 Å². The Bertz CT molecular complexity index is 744.